The van der Waals surface area contributed by atoms with Crippen LogP contribution in [0.5, 0.6) is 0 Å². The van der Waals surface area contributed by atoms with Gasteiger partial charge in [-0.15, -0.1) is 0 Å². The molecule has 1 aromatic rings. The van der Waals surface area contributed by atoms with E-state index in [1.54, 1.807) is 7.11 Å². The lowest BCUT2D eigenvalue weighted by molar-refractivity contribution is 0.182. The zero-order chi connectivity index (χ0) is 13.5. The Bertz CT molecular complexity index is 375. The Morgan fingerprint density at radius 1 is 1.26 bits per heavy atom. The molecule has 3 nitrogen and oxygen atoms in total. The zero-order valence-electron chi connectivity index (χ0n) is 12.2. The summed E-state index contributed by atoms with van der Waals surface area (Å²) in [5.74, 6) is 0. The summed E-state index contributed by atoms with van der Waals surface area (Å²) in [6.45, 7) is 4.00. The van der Waals surface area contributed by atoms with Gasteiger partial charge >= 0.3 is 0 Å². The van der Waals surface area contributed by atoms with Crippen molar-refractivity contribution in [2.45, 2.75) is 38.5 Å². The van der Waals surface area contributed by atoms with Crippen LogP contribution >= 0.6 is 0 Å². The second-order valence-corrected chi connectivity index (χ2v) is 5.55. The molecule has 3 heteroatoms. The fourth-order valence-corrected chi connectivity index (χ4v) is 2.82. The molecule has 1 fully saturated rings. The van der Waals surface area contributed by atoms with E-state index in [0.29, 0.717) is 12.6 Å². The van der Waals surface area contributed by atoms with Crippen molar-refractivity contribution in [3.8, 4) is 0 Å². The molecule has 2 rings (SSSR count). The largest absolute Gasteiger partial charge is 0.380 e. The summed E-state index contributed by atoms with van der Waals surface area (Å²) in [7, 11) is 3.96. The Hall–Kier alpha value is -0.900. The first kappa shape index (κ1) is 14.5. The highest BCUT2D eigenvalue weighted by Gasteiger charge is 2.15. The molecule has 1 unspecified atom stereocenters. The minimum Gasteiger partial charge on any atom is -0.380 e. The fourth-order valence-electron chi connectivity index (χ4n) is 2.82. The van der Waals surface area contributed by atoms with Crippen LogP contribution in [0.25, 0.3) is 0 Å². The highest BCUT2D eigenvalue weighted by molar-refractivity contribution is 5.26. The summed E-state index contributed by atoms with van der Waals surface area (Å²) in [6.07, 6.45) is 4.01. The van der Waals surface area contributed by atoms with Gasteiger partial charge in [0, 0.05) is 26.2 Å². The van der Waals surface area contributed by atoms with E-state index < -0.39 is 0 Å². The SMILES string of the molecule is COCc1ccccc1CN(C)CC1CCCCN1. The predicted molar refractivity (Wildman–Crippen MR) is 79.1 cm³/mol. The van der Waals surface area contributed by atoms with Crippen molar-refractivity contribution in [1.29, 1.82) is 0 Å². The maximum Gasteiger partial charge on any atom is 0.0716 e. The Morgan fingerprint density at radius 3 is 2.74 bits per heavy atom. The van der Waals surface area contributed by atoms with E-state index in [1.807, 2.05) is 0 Å². The molecular weight excluding hydrogens is 236 g/mol. The molecule has 1 aromatic carbocycles. The van der Waals surface area contributed by atoms with Crippen LogP contribution in [0.1, 0.15) is 30.4 Å². The van der Waals surface area contributed by atoms with Crippen molar-refractivity contribution in [2.75, 3.05) is 27.2 Å². The quantitative estimate of drug-likeness (QED) is 0.852. The van der Waals surface area contributed by atoms with E-state index in [4.69, 9.17) is 4.74 Å². The molecule has 0 spiro atoms. The Labute approximate surface area is 116 Å². The van der Waals surface area contributed by atoms with Crippen LogP contribution in [0.2, 0.25) is 0 Å². The second kappa shape index (κ2) is 7.63. The van der Waals surface area contributed by atoms with Crippen molar-refractivity contribution in [1.82, 2.24) is 10.2 Å². The first-order valence-corrected chi connectivity index (χ1v) is 7.27. The van der Waals surface area contributed by atoms with E-state index in [0.717, 1.165) is 13.1 Å². The van der Waals surface area contributed by atoms with Gasteiger partial charge in [-0.25, -0.2) is 0 Å². The molecule has 0 saturated carbocycles. The van der Waals surface area contributed by atoms with E-state index in [2.05, 4.69) is 41.5 Å². The number of ether oxygens (including phenoxy) is 1. The number of benzene rings is 1. The number of hydrogen-bond donors (Lipinski definition) is 1. The summed E-state index contributed by atoms with van der Waals surface area (Å²) in [5.41, 5.74) is 2.68. The Kier molecular flexibility index (Phi) is 5.83. The van der Waals surface area contributed by atoms with Gasteiger partial charge in [-0.05, 0) is 37.6 Å². The molecule has 0 aliphatic carbocycles. The topological polar surface area (TPSA) is 24.5 Å². The Balaban J connectivity index is 1.88. The maximum absolute atomic E-state index is 5.27. The molecule has 106 valence electrons. The monoisotopic (exact) mass is 262 g/mol. The van der Waals surface area contributed by atoms with Crippen LogP contribution in [0.15, 0.2) is 24.3 Å². The lowest BCUT2D eigenvalue weighted by Crippen LogP contribution is -2.42. The van der Waals surface area contributed by atoms with Gasteiger partial charge in [0.15, 0.2) is 0 Å². The molecule has 1 atom stereocenters. The van der Waals surface area contributed by atoms with Gasteiger partial charge in [-0.1, -0.05) is 30.7 Å². The van der Waals surface area contributed by atoms with Crippen molar-refractivity contribution in [3.63, 3.8) is 0 Å². The molecule has 1 heterocycles. The van der Waals surface area contributed by atoms with Crippen molar-refractivity contribution in [3.05, 3.63) is 35.4 Å². The third-order valence-corrected chi connectivity index (χ3v) is 3.80. The van der Waals surface area contributed by atoms with E-state index >= 15 is 0 Å². The minimum atomic E-state index is 0.660. The van der Waals surface area contributed by atoms with Gasteiger partial charge in [-0.3, -0.25) is 0 Å². The molecule has 1 aliphatic rings. The van der Waals surface area contributed by atoms with Crippen LogP contribution in [0, 0.1) is 0 Å². The number of hydrogen-bond acceptors (Lipinski definition) is 3. The number of likely N-dealkylation sites (N-methyl/N-ethyl adjacent to an activating group) is 1. The molecule has 0 amide bonds. The van der Waals surface area contributed by atoms with E-state index in [-0.39, 0.29) is 0 Å². The molecular formula is C16H26N2O. The van der Waals surface area contributed by atoms with Gasteiger partial charge in [0.25, 0.3) is 0 Å². The van der Waals surface area contributed by atoms with Crippen LogP contribution < -0.4 is 5.32 Å². The lowest BCUT2D eigenvalue weighted by atomic mass is 10.0. The van der Waals surface area contributed by atoms with Gasteiger partial charge in [-0.2, -0.15) is 0 Å². The lowest BCUT2D eigenvalue weighted by Gasteiger charge is -2.28. The van der Waals surface area contributed by atoms with Crippen molar-refractivity contribution >= 4 is 0 Å². The first-order valence-electron chi connectivity index (χ1n) is 7.27. The van der Waals surface area contributed by atoms with E-state index in [1.165, 1.54) is 36.9 Å². The zero-order valence-corrected chi connectivity index (χ0v) is 12.2. The van der Waals surface area contributed by atoms with Crippen LogP contribution in [-0.2, 0) is 17.9 Å². The highest BCUT2D eigenvalue weighted by atomic mass is 16.5. The third-order valence-electron chi connectivity index (χ3n) is 3.80. The summed E-state index contributed by atoms with van der Waals surface area (Å²) >= 11 is 0. The number of nitrogens with one attached hydrogen (secondary N) is 1. The molecule has 1 aliphatic heterocycles. The van der Waals surface area contributed by atoms with E-state index in [9.17, 15) is 0 Å². The summed E-state index contributed by atoms with van der Waals surface area (Å²) in [6, 6.07) is 9.22. The first-order chi connectivity index (χ1) is 9.29. The summed E-state index contributed by atoms with van der Waals surface area (Å²) in [4.78, 5) is 2.41. The standard InChI is InChI=1S/C16H26N2O/c1-18(12-16-9-5-6-10-17-16)11-14-7-3-4-8-15(14)13-19-2/h3-4,7-8,16-17H,5-6,9-13H2,1-2H3. The molecule has 19 heavy (non-hydrogen) atoms. The summed E-state index contributed by atoms with van der Waals surface area (Å²) < 4.78 is 5.27. The normalized spacial score (nSPS) is 19.8. The van der Waals surface area contributed by atoms with Gasteiger partial charge < -0.3 is 15.0 Å². The fraction of sp³-hybridized carbons (Fsp3) is 0.625. The molecule has 0 radical (unpaired) electrons. The van der Waals surface area contributed by atoms with Crippen LogP contribution in [0.3, 0.4) is 0 Å². The van der Waals surface area contributed by atoms with Crippen LogP contribution in [0.4, 0.5) is 0 Å². The molecule has 0 bridgehead atoms. The number of rotatable bonds is 6. The third kappa shape index (κ3) is 4.60. The average Bonchev–Trinajstić information content (AvgIpc) is 2.42. The number of piperidine rings is 1. The van der Waals surface area contributed by atoms with Gasteiger partial charge in [0.05, 0.1) is 6.61 Å². The summed E-state index contributed by atoms with van der Waals surface area (Å²) in [5, 5.41) is 3.61. The number of nitrogens with zero attached hydrogens (tertiary/aromatic N) is 1. The van der Waals surface area contributed by atoms with Crippen molar-refractivity contribution < 1.29 is 4.74 Å². The van der Waals surface area contributed by atoms with Gasteiger partial charge in [0.2, 0.25) is 0 Å². The highest BCUT2D eigenvalue weighted by Crippen LogP contribution is 2.14. The average molecular weight is 262 g/mol. The van der Waals surface area contributed by atoms with Crippen LogP contribution in [-0.4, -0.2) is 38.2 Å². The Morgan fingerprint density at radius 2 is 2.05 bits per heavy atom. The van der Waals surface area contributed by atoms with Crippen molar-refractivity contribution in [2.24, 2.45) is 0 Å². The second-order valence-electron chi connectivity index (χ2n) is 5.55. The molecule has 1 saturated heterocycles. The smallest absolute Gasteiger partial charge is 0.0716 e. The van der Waals surface area contributed by atoms with Gasteiger partial charge in [0.1, 0.15) is 0 Å². The predicted octanol–water partition coefficient (Wildman–Crippen LogP) is 2.41. The molecule has 0 aromatic heterocycles. The minimum absolute atomic E-state index is 0.660. The number of methoxy groups -OCH3 is 1. The molecule has 1 N–H and O–H groups in total. The maximum atomic E-state index is 5.27.